The van der Waals surface area contributed by atoms with E-state index in [0.717, 1.165) is 23.8 Å². The molecule has 0 aliphatic heterocycles. The summed E-state index contributed by atoms with van der Waals surface area (Å²) in [6.45, 7) is 5.25. The highest BCUT2D eigenvalue weighted by molar-refractivity contribution is 14.1. The highest BCUT2D eigenvalue weighted by atomic mass is 127. The summed E-state index contributed by atoms with van der Waals surface area (Å²) in [5, 5.41) is 8.45. The van der Waals surface area contributed by atoms with Gasteiger partial charge in [-0.05, 0) is 59.3 Å². The van der Waals surface area contributed by atoms with Gasteiger partial charge in [-0.1, -0.05) is 25.4 Å². The zero-order valence-electron chi connectivity index (χ0n) is 12.5. The summed E-state index contributed by atoms with van der Waals surface area (Å²) in [6, 6.07) is 6.15. The highest BCUT2D eigenvalue weighted by Gasteiger charge is 2.17. The molecule has 0 spiro atoms. The third kappa shape index (κ3) is 4.40. The second-order valence-corrected chi connectivity index (χ2v) is 7.06. The van der Waals surface area contributed by atoms with Crippen molar-refractivity contribution in [3.05, 3.63) is 44.5 Å². The van der Waals surface area contributed by atoms with Crippen LogP contribution in [0.1, 0.15) is 31.3 Å². The van der Waals surface area contributed by atoms with Crippen LogP contribution < -0.4 is 5.32 Å². The predicted octanol–water partition coefficient (Wildman–Crippen LogP) is 3.70. The molecule has 0 aliphatic carbocycles. The fourth-order valence-electron chi connectivity index (χ4n) is 2.28. The van der Waals surface area contributed by atoms with Crippen molar-refractivity contribution in [2.75, 3.05) is 7.05 Å². The van der Waals surface area contributed by atoms with Crippen LogP contribution in [0.5, 0.6) is 0 Å². The Morgan fingerprint density at radius 2 is 2.14 bits per heavy atom. The van der Waals surface area contributed by atoms with Gasteiger partial charge in [0.15, 0.2) is 0 Å². The quantitative estimate of drug-likeness (QED) is 0.728. The van der Waals surface area contributed by atoms with E-state index in [1.165, 1.54) is 9.13 Å². The molecular formula is C15H20ClIN4. The summed E-state index contributed by atoms with van der Waals surface area (Å²) >= 11 is 8.48. The van der Waals surface area contributed by atoms with Gasteiger partial charge in [-0.15, -0.1) is 0 Å². The Kier molecular flexibility index (Phi) is 6.01. The molecule has 1 atom stereocenters. The summed E-state index contributed by atoms with van der Waals surface area (Å²) in [5.41, 5.74) is 1.20. The molecule has 0 saturated carbocycles. The Labute approximate surface area is 144 Å². The number of likely N-dealkylation sites (N-methyl/N-ethyl adjacent to an activating group) is 1. The van der Waals surface area contributed by atoms with E-state index in [2.05, 4.69) is 51.8 Å². The second-order valence-electron chi connectivity index (χ2n) is 5.46. The summed E-state index contributed by atoms with van der Waals surface area (Å²) in [5.74, 6) is 1.55. The van der Waals surface area contributed by atoms with E-state index in [4.69, 9.17) is 11.6 Å². The van der Waals surface area contributed by atoms with Gasteiger partial charge in [-0.25, -0.2) is 9.67 Å². The van der Waals surface area contributed by atoms with Gasteiger partial charge >= 0.3 is 0 Å². The van der Waals surface area contributed by atoms with E-state index in [1.54, 1.807) is 6.33 Å². The van der Waals surface area contributed by atoms with Crippen molar-refractivity contribution in [2.24, 2.45) is 5.92 Å². The van der Waals surface area contributed by atoms with Crippen molar-refractivity contribution in [1.29, 1.82) is 0 Å². The van der Waals surface area contributed by atoms with Crippen molar-refractivity contribution in [1.82, 2.24) is 20.1 Å². The van der Waals surface area contributed by atoms with Crippen LogP contribution in [0, 0.1) is 9.49 Å². The molecule has 0 fully saturated rings. The molecule has 1 unspecified atom stereocenters. The van der Waals surface area contributed by atoms with Crippen LogP contribution in [0.2, 0.25) is 5.02 Å². The monoisotopic (exact) mass is 418 g/mol. The molecule has 0 aliphatic rings. The molecule has 0 amide bonds. The van der Waals surface area contributed by atoms with Crippen LogP contribution in [0.15, 0.2) is 24.5 Å². The summed E-state index contributed by atoms with van der Waals surface area (Å²) in [7, 11) is 1.96. The number of halogens is 2. The summed E-state index contributed by atoms with van der Waals surface area (Å²) in [4.78, 5) is 4.41. The Bertz CT molecular complexity index is 597. The minimum Gasteiger partial charge on any atom is -0.313 e. The molecule has 6 heteroatoms. The lowest BCUT2D eigenvalue weighted by atomic mass is 10.0. The van der Waals surface area contributed by atoms with E-state index in [9.17, 15) is 0 Å². The maximum absolute atomic E-state index is 6.14. The third-order valence-corrected chi connectivity index (χ3v) is 4.52. The van der Waals surface area contributed by atoms with Crippen molar-refractivity contribution in [3.8, 4) is 0 Å². The first-order valence-corrected chi connectivity index (χ1v) is 8.45. The number of nitrogens with one attached hydrogen (secondary N) is 1. The van der Waals surface area contributed by atoms with Crippen LogP contribution in [0.25, 0.3) is 0 Å². The zero-order valence-corrected chi connectivity index (χ0v) is 15.4. The van der Waals surface area contributed by atoms with E-state index in [0.29, 0.717) is 5.92 Å². The van der Waals surface area contributed by atoms with Crippen LogP contribution >= 0.6 is 34.2 Å². The molecule has 1 aromatic carbocycles. The molecule has 4 nitrogen and oxygen atoms in total. The van der Waals surface area contributed by atoms with Gasteiger partial charge in [0.05, 0.1) is 0 Å². The van der Waals surface area contributed by atoms with E-state index in [1.807, 2.05) is 29.9 Å². The smallest absolute Gasteiger partial charge is 0.138 e. The SMILES string of the molecule is CNC(Cc1ncnn1CC(C)C)c1cc(Cl)ccc1I. The minimum absolute atomic E-state index is 0.172. The number of rotatable bonds is 6. The van der Waals surface area contributed by atoms with Gasteiger partial charge in [0, 0.05) is 27.6 Å². The molecule has 1 aromatic heterocycles. The van der Waals surface area contributed by atoms with Crippen LogP contribution in [0.4, 0.5) is 0 Å². The van der Waals surface area contributed by atoms with Gasteiger partial charge in [0.2, 0.25) is 0 Å². The van der Waals surface area contributed by atoms with Gasteiger partial charge in [-0.2, -0.15) is 5.10 Å². The lowest BCUT2D eigenvalue weighted by Crippen LogP contribution is -2.22. The third-order valence-electron chi connectivity index (χ3n) is 3.30. The van der Waals surface area contributed by atoms with Crippen molar-refractivity contribution < 1.29 is 0 Å². The molecule has 114 valence electrons. The molecule has 0 bridgehead atoms. The van der Waals surface area contributed by atoms with Crippen LogP contribution in [-0.2, 0) is 13.0 Å². The van der Waals surface area contributed by atoms with Gasteiger partial charge in [0.25, 0.3) is 0 Å². The number of aromatic nitrogens is 3. The second kappa shape index (κ2) is 7.56. The molecule has 1 heterocycles. The number of hydrogen-bond donors (Lipinski definition) is 1. The largest absolute Gasteiger partial charge is 0.313 e. The van der Waals surface area contributed by atoms with Gasteiger partial charge < -0.3 is 5.32 Å². The molecule has 0 saturated heterocycles. The minimum atomic E-state index is 0.172. The fraction of sp³-hybridized carbons (Fsp3) is 0.467. The van der Waals surface area contributed by atoms with E-state index >= 15 is 0 Å². The predicted molar refractivity (Wildman–Crippen MR) is 94.5 cm³/mol. The highest BCUT2D eigenvalue weighted by Crippen LogP contribution is 2.26. The fourth-order valence-corrected chi connectivity index (χ4v) is 3.17. The number of hydrogen-bond acceptors (Lipinski definition) is 3. The topological polar surface area (TPSA) is 42.7 Å². The average molecular weight is 419 g/mol. The number of benzene rings is 1. The Morgan fingerprint density at radius 3 is 2.81 bits per heavy atom. The molecule has 2 rings (SSSR count). The zero-order chi connectivity index (χ0) is 15.4. The lowest BCUT2D eigenvalue weighted by Gasteiger charge is -2.19. The van der Waals surface area contributed by atoms with Crippen molar-refractivity contribution >= 4 is 34.2 Å². The maximum atomic E-state index is 6.14. The van der Waals surface area contributed by atoms with Crippen molar-refractivity contribution in [2.45, 2.75) is 32.9 Å². The summed E-state index contributed by atoms with van der Waals surface area (Å²) < 4.78 is 3.19. The van der Waals surface area contributed by atoms with Crippen LogP contribution in [-0.4, -0.2) is 21.8 Å². The molecular weight excluding hydrogens is 399 g/mol. The van der Waals surface area contributed by atoms with Gasteiger partial charge in [-0.3, -0.25) is 0 Å². The van der Waals surface area contributed by atoms with Crippen LogP contribution in [0.3, 0.4) is 0 Å². The molecule has 2 aromatic rings. The first-order chi connectivity index (χ1) is 10.0. The first-order valence-electron chi connectivity index (χ1n) is 7.00. The standard InChI is InChI=1S/C15H20ClIN4/c1-10(2)8-21-15(19-9-20-21)7-14(18-3)12-6-11(16)4-5-13(12)17/h4-6,9-10,14,18H,7-8H2,1-3H3. The van der Waals surface area contributed by atoms with E-state index < -0.39 is 0 Å². The molecule has 1 N–H and O–H groups in total. The number of nitrogens with zero attached hydrogens (tertiary/aromatic N) is 3. The Balaban J connectivity index is 2.23. The normalized spacial score (nSPS) is 12.9. The summed E-state index contributed by atoms with van der Waals surface area (Å²) in [6.07, 6.45) is 2.42. The lowest BCUT2D eigenvalue weighted by molar-refractivity contribution is 0.451. The average Bonchev–Trinajstić information content (AvgIpc) is 2.85. The Morgan fingerprint density at radius 1 is 1.38 bits per heavy atom. The molecule has 21 heavy (non-hydrogen) atoms. The maximum Gasteiger partial charge on any atom is 0.138 e. The molecule has 0 radical (unpaired) electrons. The Hall–Kier alpha value is -0.660. The van der Waals surface area contributed by atoms with E-state index in [-0.39, 0.29) is 6.04 Å². The van der Waals surface area contributed by atoms with Crippen molar-refractivity contribution in [3.63, 3.8) is 0 Å². The van der Waals surface area contributed by atoms with Gasteiger partial charge in [0.1, 0.15) is 12.2 Å². The first kappa shape index (κ1) is 16.7.